The molecular formula is C16H15N7O2. The summed E-state index contributed by atoms with van der Waals surface area (Å²) in [5.41, 5.74) is 11.9. The number of benzene rings is 1. The molecule has 0 spiro atoms. The summed E-state index contributed by atoms with van der Waals surface area (Å²) in [7, 11) is 0. The number of anilines is 3. The van der Waals surface area contributed by atoms with Crippen LogP contribution in [-0.2, 0) is 4.79 Å². The van der Waals surface area contributed by atoms with Gasteiger partial charge in [0.05, 0.1) is 18.3 Å². The van der Waals surface area contributed by atoms with Crippen LogP contribution in [0, 0.1) is 0 Å². The molecule has 9 nitrogen and oxygen atoms in total. The molecule has 0 aliphatic heterocycles. The fraction of sp³-hybridized carbons (Fsp3) is 0.0625. The Balaban J connectivity index is 1.93. The van der Waals surface area contributed by atoms with Crippen molar-refractivity contribution >= 4 is 40.0 Å². The number of nitrogens with zero attached hydrogens (tertiary/aromatic N) is 3. The zero-order valence-corrected chi connectivity index (χ0v) is 13.1. The number of fused-ring (bicyclic) bond motifs is 1. The van der Waals surface area contributed by atoms with Gasteiger partial charge in [0.15, 0.2) is 11.5 Å². The maximum atomic E-state index is 11.6. The van der Waals surface area contributed by atoms with Gasteiger partial charge in [0.1, 0.15) is 5.82 Å². The standard InChI is InChI=1S/C16H15N7O2/c17-12(24)7-20-13-8-21-14(15(18)25)16(23-13)22-10-4-3-9-2-1-5-19-11(9)6-10/h1-6,8H,7H2,(H2,17,24)(H2,18,25)(H2,20,22,23). The molecule has 0 aliphatic rings. The van der Waals surface area contributed by atoms with Crippen LogP contribution < -0.4 is 22.1 Å². The van der Waals surface area contributed by atoms with E-state index in [2.05, 4.69) is 25.6 Å². The average Bonchev–Trinajstić information content (AvgIpc) is 2.59. The van der Waals surface area contributed by atoms with Crippen molar-refractivity contribution in [1.29, 1.82) is 0 Å². The number of pyridine rings is 1. The quantitative estimate of drug-likeness (QED) is 0.519. The molecule has 3 rings (SSSR count). The number of amides is 2. The number of aromatic nitrogens is 3. The first-order valence-electron chi connectivity index (χ1n) is 7.34. The van der Waals surface area contributed by atoms with Crippen molar-refractivity contribution in [3.8, 4) is 0 Å². The second-order valence-corrected chi connectivity index (χ2v) is 5.17. The fourth-order valence-corrected chi connectivity index (χ4v) is 2.20. The molecule has 0 fully saturated rings. The van der Waals surface area contributed by atoms with Crippen molar-refractivity contribution in [1.82, 2.24) is 15.0 Å². The number of nitrogens with one attached hydrogen (secondary N) is 2. The van der Waals surface area contributed by atoms with Crippen LogP contribution in [0.3, 0.4) is 0 Å². The van der Waals surface area contributed by atoms with Gasteiger partial charge in [-0.15, -0.1) is 0 Å². The average molecular weight is 337 g/mol. The normalized spacial score (nSPS) is 10.4. The Hall–Kier alpha value is -3.75. The van der Waals surface area contributed by atoms with Gasteiger partial charge in [-0.1, -0.05) is 12.1 Å². The predicted molar refractivity (Wildman–Crippen MR) is 93.3 cm³/mol. The van der Waals surface area contributed by atoms with Gasteiger partial charge >= 0.3 is 0 Å². The molecule has 2 amide bonds. The van der Waals surface area contributed by atoms with Crippen LogP contribution >= 0.6 is 0 Å². The third-order valence-electron chi connectivity index (χ3n) is 3.32. The SMILES string of the molecule is NC(=O)CNc1cnc(C(N)=O)c(Nc2ccc3cccnc3c2)n1. The molecule has 0 bridgehead atoms. The summed E-state index contributed by atoms with van der Waals surface area (Å²) in [6.45, 7) is -0.107. The Morgan fingerprint density at radius 2 is 1.96 bits per heavy atom. The van der Waals surface area contributed by atoms with Crippen LogP contribution in [0.15, 0.2) is 42.7 Å². The molecule has 6 N–H and O–H groups in total. The molecule has 0 atom stereocenters. The van der Waals surface area contributed by atoms with Crippen LogP contribution in [0.25, 0.3) is 10.9 Å². The van der Waals surface area contributed by atoms with Gasteiger partial charge in [-0.3, -0.25) is 14.6 Å². The Morgan fingerprint density at radius 1 is 1.12 bits per heavy atom. The Bertz CT molecular complexity index is 958. The van der Waals surface area contributed by atoms with Gasteiger partial charge in [-0.05, 0) is 18.2 Å². The third kappa shape index (κ3) is 3.78. The topological polar surface area (TPSA) is 149 Å². The minimum atomic E-state index is -0.727. The molecule has 126 valence electrons. The molecule has 25 heavy (non-hydrogen) atoms. The highest BCUT2D eigenvalue weighted by Crippen LogP contribution is 2.22. The van der Waals surface area contributed by atoms with E-state index in [0.29, 0.717) is 5.69 Å². The summed E-state index contributed by atoms with van der Waals surface area (Å²) in [5, 5.41) is 6.69. The highest BCUT2D eigenvalue weighted by Gasteiger charge is 2.13. The second kappa shape index (κ2) is 6.79. The highest BCUT2D eigenvalue weighted by molar-refractivity contribution is 5.96. The van der Waals surface area contributed by atoms with Gasteiger partial charge in [0, 0.05) is 17.3 Å². The Kier molecular flexibility index (Phi) is 4.38. The van der Waals surface area contributed by atoms with E-state index in [4.69, 9.17) is 11.5 Å². The fourth-order valence-electron chi connectivity index (χ4n) is 2.20. The third-order valence-corrected chi connectivity index (χ3v) is 3.32. The lowest BCUT2D eigenvalue weighted by molar-refractivity contribution is -0.116. The molecule has 1 aromatic carbocycles. The summed E-state index contributed by atoms with van der Waals surface area (Å²) in [6.07, 6.45) is 2.99. The molecule has 0 unspecified atom stereocenters. The van der Waals surface area contributed by atoms with E-state index in [0.717, 1.165) is 10.9 Å². The van der Waals surface area contributed by atoms with Crippen LogP contribution in [0.1, 0.15) is 10.5 Å². The second-order valence-electron chi connectivity index (χ2n) is 5.17. The smallest absolute Gasteiger partial charge is 0.271 e. The summed E-state index contributed by atoms with van der Waals surface area (Å²) in [4.78, 5) is 34.9. The van der Waals surface area contributed by atoms with E-state index in [1.165, 1.54) is 6.20 Å². The molecule has 2 aromatic heterocycles. The molecule has 0 saturated heterocycles. The van der Waals surface area contributed by atoms with Crippen molar-refractivity contribution < 1.29 is 9.59 Å². The summed E-state index contributed by atoms with van der Waals surface area (Å²) in [6, 6.07) is 9.30. The number of nitrogens with two attached hydrogens (primary N) is 2. The lowest BCUT2D eigenvalue weighted by atomic mass is 10.2. The Morgan fingerprint density at radius 3 is 2.72 bits per heavy atom. The van der Waals surface area contributed by atoms with Crippen molar-refractivity contribution in [3.05, 3.63) is 48.4 Å². The first-order valence-corrected chi connectivity index (χ1v) is 7.34. The van der Waals surface area contributed by atoms with E-state index in [1.807, 2.05) is 30.3 Å². The zero-order chi connectivity index (χ0) is 17.8. The van der Waals surface area contributed by atoms with Gasteiger partial charge < -0.3 is 22.1 Å². The molecule has 0 radical (unpaired) electrons. The van der Waals surface area contributed by atoms with Crippen molar-refractivity contribution in [3.63, 3.8) is 0 Å². The van der Waals surface area contributed by atoms with Crippen molar-refractivity contribution in [2.45, 2.75) is 0 Å². The summed E-state index contributed by atoms with van der Waals surface area (Å²) in [5.74, 6) is -0.825. The number of rotatable bonds is 6. The highest BCUT2D eigenvalue weighted by atomic mass is 16.1. The molecule has 0 aliphatic carbocycles. The van der Waals surface area contributed by atoms with E-state index in [-0.39, 0.29) is 23.9 Å². The van der Waals surface area contributed by atoms with Gasteiger partial charge in [-0.25, -0.2) is 9.97 Å². The van der Waals surface area contributed by atoms with Gasteiger partial charge in [0.25, 0.3) is 5.91 Å². The number of carbonyl (C=O) groups is 2. The summed E-state index contributed by atoms with van der Waals surface area (Å²) >= 11 is 0. The van der Waals surface area contributed by atoms with Gasteiger partial charge in [0.2, 0.25) is 5.91 Å². The summed E-state index contributed by atoms with van der Waals surface area (Å²) < 4.78 is 0. The first-order chi connectivity index (χ1) is 12.0. The predicted octanol–water partition coefficient (Wildman–Crippen LogP) is 0.764. The lowest BCUT2D eigenvalue weighted by Gasteiger charge is -2.11. The number of hydrogen-bond acceptors (Lipinski definition) is 7. The molecule has 3 aromatic rings. The van der Waals surface area contributed by atoms with E-state index < -0.39 is 11.8 Å². The van der Waals surface area contributed by atoms with Crippen LogP contribution in [-0.4, -0.2) is 33.3 Å². The minimum Gasteiger partial charge on any atom is -0.368 e. The largest absolute Gasteiger partial charge is 0.368 e. The lowest BCUT2D eigenvalue weighted by Crippen LogP contribution is -2.23. The maximum absolute atomic E-state index is 11.6. The first kappa shape index (κ1) is 16.1. The monoisotopic (exact) mass is 337 g/mol. The number of hydrogen-bond donors (Lipinski definition) is 4. The van der Waals surface area contributed by atoms with Crippen molar-refractivity contribution in [2.75, 3.05) is 17.2 Å². The molecule has 0 saturated carbocycles. The minimum absolute atomic E-state index is 0.0225. The molecule has 2 heterocycles. The Labute approximate surface area is 142 Å². The van der Waals surface area contributed by atoms with Crippen LogP contribution in [0.5, 0.6) is 0 Å². The van der Waals surface area contributed by atoms with Crippen molar-refractivity contribution in [2.24, 2.45) is 11.5 Å². The van der Waals surface area contributed by atoms with E-state index in [9.17, 15) is 9.59 Å². The van der Waals surface area contributed by atoms with E-state index in [1.54, 1.807) is 6.20 Å². The van der Waals surface area contributed by atoms with E-state index >= 15 is 0 Å². The molecule has 9 heteroatoms. The number of primary amides is 2. The van der Waals surface area contributed by atoms with Crippen LogP contribution in [0.2, 0.25) is 0 Å². The maximum Gasteiger partial charge on any atom is 0.271 e. The van der Waals surface area contributed by atoms with Crippen LogP contribution in [0.4, 0.5) is 17.3 Å². The number of carbonyl (C=O) groups excluding carboxylic acids is 2. The van der Waals surface area contributed by atoms with Gasteiger partial charge in [-0.2, -0.15) is 0 Å². The zero-order valence-electron chi connectivity index (χ0n) is 13.1. The molecular weight excluding hydrogens is 322 g/mol.